The molecular formula is C21H22N4O2. The number of carboxylic acids is 1. The average molecular weight is 362 g/mol. The summed E-state index contributed by atoms with van der Waals surface area (Å²) in [5.41, 5.74) is 1.04. The van der Waals surface area contributed by atoms with Gasteiger partial charge in [0.25, 0.3) is 0 Å². The van der Waals surface area contributed by atoms with Gasteiger partial charge in [-0.2, -0.15) is 0 Å². The van der Waals surface area contributed by atoms with Gasteiger partial charge in [-0.25, -0.2) is 9.97 Å². The van der Waals surface area contributed by atoms with Gasteiger partial charge in [0, 0.05) is 19.3 Å². The summed E-state index contributed by atoms with van der Waals surface area (Å²) >= 11 is 0. The predicted octanol–water partition coefficient (Wildman–Crippen LogP) is 3.73. The molecule has 0 spiro atoms. The highest BCUT2D eigenvalue weighted by atomic mass is 16.4. The van der Waals surface area contributed by atoms with Crippen LogP contribution < -0.4 is 4.90 Å². The summed E-state index contributed by atoms with van der Waals surface area (Å²) in [4.78, 5) is 26.1. The Balaban J connectivity index is 1.58. The molecule has 27 heavy (non-hydrogen) atoms. The lowest BCUT2D eigenvalue weighted by atomic mass is 9.77. The van der Waals surface area contributed by atoms with Gasteiger partial charge in [-0.1, -0.05) is 42.5 Å². The van der Waals surface area contributed by atoms with E-state index in [1.54, 1.807) is 0 Å². The molecule has 4 rings (SSSR count). The number of hydrogen-bond acceptors (Lipinski definition) is 4. The molecule has 1 aliphatic heterocycles. The molecular weight excluding hydrogens is 340 g/mol. The van der Waals surface area contributed by atoms with Crippen molar-refractivity contribution in [2.24, 2.45) is 5.41 Å². The summed E-state index contributed by atoms with van der Waals surface area (Å²) in [6.45, 7) is 1.24. The van der Waals surface area contributed by atoms with Gasteiger partial charge in [-0.15, -0.1) is 0 Å². The summed E-state index contributed by atoms with van der Waals surface area (Å²) < 4.78 is 0. The second-order valence-electron chi connectivity index (χ2n) is 7.06. The third-order valence-electron chi connectivity index (χ3n) is 5.28. The molecule has 0 unspecified atom stereocenters. The number of allylic oxidation sites excluding steroid dienone is 1. The van der Waals surface area contributed by atoms with Crippen molar-refractivity contribution in [3.05, 3.63) is 60.6 Å². The Hall–Kier alpha value is -3.15. The van der Waals surface area contributed by atoms with E-state index < -0.39 is 11.4 Å². The molecule has 0 radical (unpaired) electrons. The zero-order valence-electron chi connectivity index (χ0n) is 15.0. The topological polar surface area (TPSA) is 82.1 Å². The van der Waals surface area contributed by atoms with E-state index in [2.05, 4.69) is 19.9 Å². The molecule has 3 aromatic rings. The molecule has 1 fully saturated rings. The van der Waals surface area contributed by atoms with E-state index in [0.717, 1.165) is 35.4 Å². The van der Waals surface area contributed by atoms with E-state index in [9.17, 15) is 9.90 Å². The molecule has 6 heteroatoms. The Morgan fingerprint density at radius 1 is 1.26 bits per heavy atom. The Bertz CT molecular complexity index is 966. The number of benzene rings is 1. The fourth-order valence-electron chi connectivity index (χ4n) is 3.84. The molecule has 1 aliphatic rings. The largest absolute Gasteiger partial charge is 0.481 e. The number of aromatic nitrogens is 3. The maximum atomic E-state index is 12.2. The Morgan fingerprint density at radius 3 is 2.93 bits per heavy atom. The number of anilines is 1. The van der Waals surface area contributed by atoms with Crippen molar-refractivity contribution in [3.63, 3.8) is 0 Å². The van der Waals surface area contributed by atoms with Crippen molar-refractivity contribution in [3.8, 4) is 0 Å². The monoisotopic (exact) mass is 362 g/mol. The number of rotatable bonds is 5. The Morgan fingerprint density at radius 2 is 2.11 bits per heavy atom. The van der Waals surface area contributed by atoms with Crippen LogP contribution in [0.2, 0.25) is 0 Å². The van der Waals surface area contributed by atoms with E-state index >= 15 is 0 Å². The highest BCUT2D eigenvalue weighted by molar-refractivity contribution is 5.88. The molecule has 0 amide bonds. The third kappa shape index (κ3) is 3.43. The van der Waals surface area contributed by atoms with E-state index in [4.69, 9.17) is 0 Å². The SMILES string of the molecule is O=C(O)[C@]1(C/C=C/c2ccccc2)CCCN(c2ncnc3[nH]ccc23)C1. The summed E-state index contributed by atoms with van der Waals surface area (Å²) in [7, 11) is 0. The third-order valence-corrected chi connectivity index (χ3v) is 5.28. The van der Waals surface area contributed by atoms with Crippen molar-refractivity contribution in [1.82, 2.24) is 15.0 Å². The number of nitrogens with one attached hydrogen (secondary N) is 1. The van der Waals surface area contributed by atoms with Crippen LogP contribution in [0.5, 0.6) is 0 Å². The van der Waals surface area contributed by atoms with Crippen molar-refractivity contribution in [1.29, 1.82) is 0 Å². The first-order chi connectivity index (χ1) is 13.2. The van der Waals surface area contributed by atoms with Crippen LogP contribution in [0.4, 0.5) is 5.82 Å². The van der Waals surface area contributed by atoms with Crippen LogP contribution in [0.15, 0.2) is 55.0 Å². The lowest BCUT2D eigenvalue weighted by Gasteiger charge is -2.40. The minimum atomic E-state index is -0.808. The quantitative estimate of drug-likeness (QED) is 0.723. The number of carbonyl (C=O) groups is 1. The minimum Gasteiger partial charge on any atom is -0.481 e. The van der Waals surface area contributed by atoms with Gasteiger partial charge >= 0.3 is 5.97 Å². The molecule has 138 valence electrons. The van der Waals surface area contributed by atoms with Crippen molar-refractivity contribution in [2.75, 3.05) is 18.0 Å². The van der Waals surface area contributed by atoms with Gasteiger partial charge in [0.1, 0.15) is 17.8 Å². The van der Waals surface area contributed by atoms with Gasteiger partial charge < -0.3 is 15.0 Å². The molecule has 2 aromatic heterocycles. The van der Waals surface area contributed by atoms with Crippen molar-refractivity contribution >= 4 is 28.9 Å². The van der Waals surface area contributed by atoms with Crippen LogP contribution in [-0.2, 0) is 4.79 Å². The lowest BCUT2D eigenvalue weighted by Crippen LogP contribution is -2.48. The highest BCUT2D eigenvalue weighted by Crippen LogP contribution is 2.37. The number of hydrogen-bond donors (Lipinski definition) is 2. The van der Waals surface area contributed by atoms with Gasteiger partial charge in [0.2, 0.25) is 0 Å². The Labute approximate surface area is 157 Å². The van der Waals surface area contributed by atoms with Crippen LogP contribution >= 0.6 is 0 Å². The maximum absolute atomic E-state index is 12.2. The zero-order valence-corrected chi connectivity index (χ0v) is 15.0. The molecule has 0 aliphatic carbocycles. The van der Waals surface area contributed by atoms with Crippen LogP contribution in [-0.4, -0.2) is 39.1 Å². The summed E-state index contributed by atoms with van der Waals surface area (Å²) in [6.07, 6.45) is 9.33. The first-order valence-electron chi connectivity index (χ1n) is 9.16. The summed E-state index contributed by atoms with van der Waals surface area (Å²) in [5.74, 6) is 0.0582. The van der Waals surface area contributed by atoms with Gasteiger partial charge in [-0.05, 0) is 30.9 Å². The number of nitrogens with zero attached hydrogens (tertiary/aromatic N) is 3. The number of piperidine rings is 1. The molecule has 6 nitrogen and oxygen atoms in total. The molecule has 1 aromatic carbocycles. The predicted molar refractivity (Wildman–Crippen MR) is 105 cm³/mol. The van der Waals surface area contributed by atoms with Crippen LogP contribution in [0, 0.1) is 5.41 Å². The summed E-state index contributed by atoms with van der Waals surface area (Å²) in [6, 6.07) is 11.9. The van der Waals surface area contributed by atoms with E-state index in [1.165, 1.54) is 6.33 Å². The normalized spacial score (nSPS) is 20.4. The second kappa shape index (κ2) is 7.23. The number of aliphatic carboxylic acids is 1. The smallest absolute Gasteiger partial charge is 0.311 e. The lowest BCUT2D eigenvalue weighted by molar-refractivity contribution is -0.149. The van der Waals surface area contributed by atoms with Gasteiger partial charge in [0.15, 0.2) is 0 Å². The van der Waals surface area contributed by atoms with Crippen LogP contribution in [0.3, 0.4) is 0 Å². The first-order valence-corrected chi connectivity index (χ1v) is 9.16. The highest BCUT2D eigenvalue weighted by Gasteiger charge is 2.42. The average Bonchev–Trinajstić information content (AvgIpc) is 3.18. The molecule has 3 heterocycles. The fraction of sp³-hybridized carbons (Fsp3) is 0.286. The van der Waals surface area contributed by atoms with E-state index in [-0.39, 0.29) is 0 Å². The zero-order chi connectivity index (χ0) is 18.7. The maximum Gasteiger partial charge on any atom is 0.311 e. The molecule has 1 saturated heterocycles. The van der Waals surface area contributed by atoms with Crippen molar-refractivity contribution < 1.29 is 9.90 Å². The number of aromatic amines is 1. The molecule has 0 saturated carbocycles. The number of carboxylic acid groups (broad SMARTS) is 1. The van der Waals surface area contributed by atoms with E-state index in [0.29, 0.717) is 19.4 Å². The first kappa shape index (κ1) is 17.3. The minimum absolute atomic E-state index is 0.443. The van der Waals surface area contributed by atoms with Gasteiger partial charge in [0.05, 0.1) is 10.8 Å². The standard InChI is InChI=1S/C21H22N4O2/c26-20(27)21(10-4-8-16-6-2-1-3-7-16)11-5-13-25(14-21)19-17-9-12-22-18(17)23-15-24-19/h1-4,6-9,12,15H,5,10-11,13-14H2,(H,26,27)(H,22,23,24)/b8-4+/t21-/m1/s1. The van der Waals surface area contributed by atoms with E-state index in [1.807, 2.05) is 54.7 Å². The van der Waals surface area contributed by atoms with Crippen LogP contribution in [0.25, 0.3) is 17.1 Å². The summed E-state index contributed by atoms with van der Waals surface area (Å²) in [5, 5.41) is 11.0. The fourth-order valence-corrected chi connectivity index (χ4v) is 3.84. The van der Waals surface area contributed by atoms with Gasteiger partial charge in [-0.3, -0.25) is 4.79 Å². The molecule has 0 bridgehead atoms. The number of fused-ring (bicyclic) bond motifs is 1. The Kier molecular flexibility index (Phi) is 4.62. The van der Waals surface area contributed by atoms with Crippen molar-refractivity contribution in [2.45, 2.75) is 19.3 Å². The second-order valence-corrected chi connectivity index (χ2v) is 7.06. The molecule has 1 atom stereocenters. The van der Waals surface area contributed by atoms with Crippen LogP contribution in [0.1, 0.15) is 24.8 Å². The number of H-pyrrole nitrogens is 1. The molecule has 2 N–H and O–H groups in total.